The molecule has 32 heavy (non-hydrogen) atoms. The van der Waals surface area contributed by atoms with E-state index in [-0.39, 0.29) is 16.9 Å². The molecule has 0 atom stereocenters. The van der Waals surface area contributed by atoms with Crippen LogP contribution in [-0.4, -0.2) is 49.8 Å². The first-order valence-corrected chi connectivity index (χ1v) is 12.4. The summed E-state index contributed by atoms with van der Waals surface area (Å²) in [7, 11) is -0.290. The average molecular weight is 484 g/mol. The maximum atomic E-state index is 12.8. The number of sulfonamides is 1. The van der Waals surface area contributed by atoms with Gasteiger partial charge in [0.25, 0.3) is 10.0 Å². The van der Waals surface area contributed by atoms with Gasteiger partial charge in [0.05, 0.1) is 5.54 Å². The third-order valence-corrected chi connectivity index (χ3v) is 6.48. The lowest BCUT2D eigenvalue weighted by Crippen LogP contribution is -2.38. The zero-order valence-corrected chi connectivity index (χ0v) is 21.6. The van der Waals surface area contributed by atoms with Crippen LogP contribution in [-0.2, 0) is 15.6 Å². The molecule has 1 aromatic carbocycles. The predicted molar refractivity (Wildman–Crippen MR) is 129 cm³/mol. The van der Waals surface area contributed by atoms with E-state index in [1.54, 1.807) is 23.0 Å². The lowest BCUT2D eigenvalue weighted by molar-refractivity contribution is 0.221. The normalized spacial score (nSPS) is 12.6. The fourth-order valence-electron chi connectivity index (χ4n) is 3.65. The van der Waals surface area contributed by atoms with Crippen LogP contribution in [0, 0.1) is 0 Å². The molecule has 0 bridgehead atoms. The maximum Gasteiger partial charge on any atom is 0.333 e. The van der Waals surface area contributed by atoms with Gasteiger partial charge >= 0.3 is 6.03 Å². The van der Waals surface area contributed by atoms with E-state index < -0.39 is 21.6 Å². The highest BCUT2D eigenvalue weighted by atomic mass is 35.5. The zero-order chi connectivity index (χ0) is 24.4. The summed E-state index contributed by atoms with van der Waals surface area (Å²) in [6.07, 6.45) is 1.60. The Bertz CT molecular complexity index is 1050. The van der Waals surface area contributed by atoms with Gasteiger partial charge in [-0.3, -0.25) is 4.68 Å². The lowest BCUT2D eigenvalue weighted by Gasteiger charge is -2.28. The number of anilines is 1. The van der Waals surface area contributed by atoms with Crippen LogP contribution in [0.5, 0.6) is 0 Å². The van der Waals surface area contributed by atoms with Crippen molar-refractivity contribution in [3.05, 3.63) is 40.5 Å². The van der Waals surface area contributed by atoms with Gasteiger partial charge in [-0.15, -0.1) is 0 Å². The summed E-state index contributed by atoms with van der Waals surface area (Å²) in [6, 6.07) is 4.11. The highest BCUT2D eigenvalue weighted by Gasteiger charge is 2.27. The number of hydrogen-bond acceptors (Lipinski definition) is 5. The van der Waals surface area contributed by atoms with Crippen molar-refractivity contribution in [1.82, 2.24) is 19.4 Å². The van der Waals surface area contributed by atoms with E-state index in [1.165, 1.54) is 6.07 Å². The fraction of sp³-hybridized carbons (Fsp3) is 0.545. The number of carbonyl (C=O) groups excluding carboxylic acids is 1. The second kappa shape index (κ2) is 9.80. The van der Waals surface area contributed by atoms with Crippen molar-refractivity contribution in [3.63, 3.8) is 0 Å². The highest BCUT2D eigenvalue weighted by Crippen LogP contribution is 2.35. The summed E-state index contributed by atoms with van der Waals surface area (Å²) in [6.45, 7) is 12.5. The third kappa shape index (κ3) is 6.24. The monoisotopic (exact) mass is 483 g/mol. The summed E-state index contributed by atoms with van der Waals surface area (Å²) < 4.78 is 29.3. The van der Waals surface area contributed by atoms with E-state index >= 15 is 0 Å². The van der Waals surface area contributed by atoms with Gasteiger partial charge in [-0.05, 0) is 69.1 Å². The fourth-order valence-corrected chi connectivity index (χ4v) is 4.72. The Balaban J connectivity index is 2.29. The average Bonchev–Trinajstić information content (AvgIpc) is 3.13. The molecule has 0 aliphatic carbocycles. The molecule has 8 nitrogen and oxygen atoms in total. The first kappa shape index (κ1) is 26.2. The molecule has 0 spiro atoms. The molecule has 10 heteroatoms. The van der Waals surface area contributed by atoms with Crippen molar-refractivity contribution < 1.29 is 13.2 Å². The van der Waals surface area contributed by atoms with Crippen LogP contribution in [0.4, 0.5) is 10.5 Å². The Hall–Kier alpha value is -2.10. The quantitative estimate of drug-likeness (QED) is 0.572. The Kier molecular flexibility index (Phi) is 8.01. The topological polar surface area (TPSA) is 96.3 Å². The molecule has 2 rings (SSSR count). The number of hydrogen-bond donors (Lipinski definition) is 2. The Labute approximate surface area is 196 Å². The number of nitrogens with one attached hydrogen (secondary N) is 2. The largest absolute Gasteiger partial charge is 0.333 e. The van der Waals surface area contributed by atoms with Crippen molar-refractivity contribution in [2.75, 3.05) is 26.0 Å². The molecule has 178 valence electrons. The van der Waals surface area contributed by atoms with Crippen LogP contribution in [0.25, 0.3) is 0 Å². The number of carbonyl (C=O) groups is 1. The van der Waals surface area contributed by atoms with Crippen molar-refractivity contribution >= 4 is 33.3 Å². The summed E-state index contributed by atoms with van der Waals surface area (Å²) in [5, 5.41) is 7.29. The number of amides is 2. The molecule has 2 aromatic rings. The van der Waals surface area contributed by atoms with E-state index in [4.69, 9.17) is 11.6 Å². The maximum absolute atomic E-state index is 12.8. The number of halogens is 1. The van der Waals surface area contributed by atoms with E-state index in [2.05, 4.69) is 15.1 Å². The molecule has 0 unspecified atom stereocenters. The lowest BCUT2D eigenvalue weighted by atomic mass is 9.92. The summed E-state index contributed by atoms with van der Waals surface area (Å²) in [5.74, 6) is 0.153. The molecule has 1 heterocycles. The second-order valence-electron chi connectivity index (χ2n) is 9.48. The zero-order valence-electron chi connectivity index (χ0n) is 20.0. The van der Waals surface area contributed by atoms with Crippen molar-refractivity contribution in [2.45, 2.75) is 63.9 Å². The van der Waals surface area contributed by atoms with Gasteiger partial charge in [-0.25, -0.2) is 9.52 Å². The van der Waals surface area contributed by atoms with Crippen LogP contribution < -0.4 is 10.0 Å². The molecule has 0 radical (unpaired) electrons. The summed E-state index contributed by atoms with van der Waals surface area (Å²) in [5.41, 5.74) is 1.82. The van der Waals surface area contributed by atoms with Crippen LogP contribution in [0.3, 0.4) is 0 Å². The minimum absolute atomic E-state index is 0.0766. The smallest absolute Gasteiger partial charge is 0.307 e. The standard InChI is InChI=1S/C22H34ClN5O3S/c1-14(2)17-11-16(23)12-18(15(3)4)20(17)24-21(29)26-32(30,31)19-9-10-28(25-19)22(5,6)13-27(7)8/h9-12,14-15H,13H2,1-8H3,(H2,24,26,29). The molecule has 2 N–H and O–H groups in total. The number of benzene rings is 1. The van der Waals surface area contributed by atoms with Crippen LogP contribution in [0.15, 0.2) is 29.4 Å². The van der Waals surface area contributed by atoms with Gasteiger partial charge in [0.1, 0.15) is 0 Å². The molecule has 0 saturated heterocycles. The molecule has 0 saturated carbocycles. The van der Waals surface area contributed by atoms with Gasteiger partial charge in [-0.1, -0.05) is 39.3 Å². The van der Waals surface area contributed by atoms with Crippen molar-refractivity contribution in [2.24, 2.45) is 0 Å². The van der Waals surface area contributed by atoms with E-state index in [9.17, 15) is 13.2 Å². The van der Waals surface area contributed by atoms with Crippen molar-refractivity contribution in [3.8, 4) is 0 Å². The van der Waals surface area contributed by atoms with E-state index in [0.717, 1.165) is 11.1 Å². The molecule has 2 amide bonds. The molecule has 1 aromatic heterocycles. The van der Waals surface area contributed by atoms with Crippen molar-refractivity contribution in [1.29, 1.82) is 0 Å². The summed E-state index contributed by atoms with van der Waals surface area (Å²) >= 11 is 6.27. The minimum atomic E-state index is -4.16. The van der Waals surface area contributed by atoms with Gasteiger partial charge in [0, 0.05) is 23.5 Å². The van der Waals surface area contributed by atoms with E-state index in [1.807, 2.05) is 60.5 Å². The Morgan fingerprint density at radius 2 is 1.69 bits per heavy atom. The van der Waals surface area contributed by atoms with E-state index in [0.29, 0.717) is 17.3 Å². The van der Waals surface area contributed by atoms with Gasteiger partial charge < -0.3 is 10.2 Å². The summed E-state index contributed by atoms with van der Waals surface area (Å²) in [4.78, 5) is 14.7. The SMILES string of the molecule is CC(C)c1cc(Cl)cc(C(C)C)c1NC(=O)NS(=O)(=O)c1ccn(C(C)(C)CN(C)C)n1. The van der Waals surface area contributed by atoms with Gasteiger partial charge in [-0.2, -0.15) is 13.5 Å². The first-order chi connectivity index (χ1) is 14.6. The third-order valence-electron chi connectivity index (χ3n) is 5.04. The first-order valence-electron chi connectivity index (χ1n) is 10.5. The van der Waals surface area contributed by atoms with Crippen LogP contribution >= 0.6 is 11.6 Å². The number of aromatic nitrogens is 2. The van der Waals surface area contributed by atoms with Gasteiger partial charge in [0.2, 0.25) is 0 Å². The highest BCUT2D eigenvalue weighted by molar-refractivity contribution is 7.90. The Morgan fingerprint density at radius 1 is 1.16 bits per heavy atom. The van der Waals surface area contributed by atoms with Crippen LogP contribution in [0.1, 0.15) is 64.5 Å². The molecular weight excluding hydrogens is 450 g/mol. The predicted octanol–water partition coefficient (Wildman–Crippen LogP) is 4.59. The molecular formula is C22H34ClN5O3S. The molecule has 0 fully saturated rings. The minimum Gasteiger partial charge on any atom is -0.307 e. The molecule has 0 aliphatic rings. The number of rotatable bonds is 8. The number of likely N-dealkylation sites (N-methyl/N-ethyl adjacent to an activating group) is 1. The number of urea groups is 1. The van der Waals surface area contributed by atoms with Gasteiger partial charge in [0.15, 0.2) is 5.03 Å². The Morgan fingerprint density at radius 3 is 2.16 bits per heavy atom. The second-order valence-corrected chi connectivity index (χ2v) is 11.5. The number of nitrogens with zero attached hydrogens (tertiary/aromatic N) is 3. The van der Waals surface area contributed by atoms with Crippen LogP contribution in [0.2, 0.25) is 5.02 Å². The molecule has 0 aliphatic heterocycles.